The fourth-order valence-electron chi connectivity index (χ4n) is 2.64. The first kappa shape index (κ1) is 13.4. The van der Waals surface area contributed by atoms with Crippen LogP contribution in [0.25, 0.3) is 0 Å². The minimum absolute atomic E-state index is 0.498. The Morgan fingerprint density at radius 2 is 2.00 bits per heavy atom. The minimum Gasteiger partial charge on any atom is -0.385 e. The lowest BCUT2D eigenvalue weighted by Crippen LogP contribution is -2.42. The van der Waals surface area contributed by atoms with Crippen LogP contribution in [0.2, 0.25) is 0 Å². The molecule has 2 N–H and O–H groups in total. The smallest absolute Gasteiger partial charge is 0.0620 e. The highest BCUT2D eigenvalue weighted by Gasteiger charge is 2.12. The summed E-state index contributed by atoms with van der Waals surface area (Å²) in [5, 5.41) is 7.04. The second kappa shape index (κ2) is 6.21. The van der Waals surface area contributed by atoms with Crippen LogP contribution in [-0.2, 0) is 4.74 Å². The maximum Gasteiger partial charge on any atom is 0.0620 e. The molecule has 18 heavy (non-hydrogen) atoms. The average Bonchev–Trinajstić information content (AvgIpc) is 2.34. The highest BCUT2D eigenvalue weighted by molar-refractivity contribution is 5.58. The first-order chi connectivity index (χ1) is 8.66. The van der Waals surface area contributed by atoms with Gasteiger partial charge >= 0.3 is 0 Å². The van der Waals surface area contributed by atoms with Gasteiger partial charge in [0.15, 0.2) is 0 Å². The van der Waals surface area contributed by atoms with E-state index in [0.29, 0.717) is 6.04 Å². The lowest BCUT2D eigenvalue weighted by atomic mass is 10.0. The number of morpholine rings is 1. The molecule has 1 aromatic rings. The Morgan fingerprint density at radius 1 is 1.28 bits per heavy atom. The van der Waals surface area contributed by atoms with Crippen molar-refractivity contribution in [1.82, 2.24) is 5.32 Å². The van der Waals surface area contributed by atoms with E-state index in [2.05, 4.69) is 43.5 Å². The molecule has 0 aromatic heterocycles. The van der Waals surface area contributed by atoms with Crippen molar-refractivity contribution in [2.75, 3.05) is 31.6 Å². The lowest BCUT2D eigenvalue weighted by Gasteiger charge is -2.24. The van der Waals surface area contributed by atoms with Crippen LogP contribution in [0.5, 0.6) is 0 Å². The van der Waals surface area contributed by atoms with Crippen molar-refractivity contribution < 1.29 is 4.74 Å². The second-order valence-corrected chi connectivity index (χ2v) is 5.22. The summed E-state index contributed by atoms with van der Waals surface area (Å²) in [5.41, 5.74) is 5.29. The normalized spacial score (nSPS) is 19.8. The largest absolute Gasteiger partial charge is 0.385 e. The molecule has 1 saturated heterocycles. The average molecular weight is 248 g/mol. The molecule has 1 atom stereocenters. The fraction of sp³-hybridized carbons (Fsp3) is 0.600. The Labute approximate surface area is 110 Å². The number of hydrogen-bond donors (Lipinski definition) is 2. The molecule has 100 valence electrons. The van der Waals surface area contributed by atoms with Crippen LogP contribution in [0.1, 0.15) is 23.1 Å². The molecule has 0 bridgehead atoms. The Bertz CT molecular complexity index is 374. The summed E-state index contributed by atoms with van der Waals surface area (Å²) >= 11 is 0. The fourth-order valence-corrected chi connectivity index (χ4v) is 2.64. The van der Waals surface area contributed by atoms with Gasteiger partial charge in [-0.05, 0) is 38.3 Å². The van der Waals surface area contributed by atoms with E-state index < -0.39 is 0 Å². The molecule has 3 heteroatoms. The van der Waals surface area contributed by atoms with Crippen LogP contribution < -0.4 is 10.6 Å². The Hall–Kier alpha value is -1.06. The molecular formula is C15H24N2O. The molecule has 1 heterocycles. The van der Waals surface area contributed by atoms with Crippen molar-refractivity contribution in [3.05, 3.63) is 28.8 Å². The topological polar surface area (TPSA) is 33.3 Å². The Morgan fingerprint density at radius 3 is 2.61 bits per heavy atom. The molecule has 0 amide bonds. The van der Waals surface area contributed by atoms with Gasteiger partial charge in [-0.15, -0.1) is 0 Å². The van der Waals surface area contributed by atoms with Gasteiger partial charge in [0.05, 0.1) is 13.2 Å². The molecule has 1 aromatic carbocycles. The summed E-state index contributed by atoms with van der Waals surface area (Å²) in [5.74, 6) is 0. The summed E-state index contributed by atoms with van der Waals surface area (Å²) in [4.78, 5) is 0. The van der Waals surface area contributed by atoms with Gasteiger partial charge < -0.3 is 15.4 Å². The molecule has 0 spiro atoms. The summed E-state index contributed by atoms with van der Waals surface area (Å²) in [6.07, 6.45) is 1.10. The molecular weight excluding hydrogens is 224 g/mol. The maximum absolute atomic E-state index is 5.46. The molecule has 3 nitrogen and oxygen atoms in total. The Kier molecular flexibility index (Phi) is 4.61. The van der Waals surface area contributed by atoms with Crippen LogP contribution in [0.4, 0.5) is 5.69 Å². The third kappa shape index (κ3) is 3.47. The third-order valence-corrected chi connectivity index (χ3v) is 3.47. The molecule has 0 saturated carbocycles. The zero-order chi connectivity index (χ0) is 13.0. The van der Waals surface area contributed by atoms with Crippen LogP contribution in [0.3, 0.4) is 0 Å². The predicted octanol–water partition coefficient (Wildman–Crippen LogP) is 2.40. The van der Waals surface area contributed by atoms with E-state index in [1.165, 1.54) is 22.4 Å². The number of benzene rings is 1. The van der Waals surface area contributed by atoms with E-state index >= 15 is 0 Å². The van der Waals surface area contributed by atoms with Gasteiger partial charge in [0, 0.05) is 24.8 Å². The van der Waals surface area contributed by atoms with Gasteiger partial charge in [0.2, 0.25) is 0 Å². The van der Waals surface area contributed by atoms with Crippen LogP contribution >= 0.6 is 0 Å². The molecule has 1 fully saturated rings. The highest BCUT2D eigenvalue weighted by Crippen LogP contribution is 2.21. The van der Waals surface area contributed by atoms with Crippen molar-refractivity contribution >= 4 is 5.69 Å². The van der Waals surface area contributed by atoms with Crippen molar-refractivity contribution in [3.8, 4) is 0 Å². The Balaban J connectivity index is 1.86. The third-order valence-electron chi connectivity index (χ3n) is 3.47. The predicted molar refractivity (Wildman–Crippen MR) is 76.4 cm³/mol. The zero-order valence-electron chi connectivity index (χ0n) is 11.7. The molecule has 0 aliphatic carbocycles. The van der Waals surface area contributed by atoms with Crippen LogP contribution in [0, 0.1) is 20.8 Å². The van der Waals surface area contributed by atoms with Crippen molar-refractivity contribution in [2.45, 2.75) is 33.2 Å². The number of aryl methyl sites for hydroxylation is 3. The van der Waals surface area contributed by atoms with E-state index in [9.17, 15) is 0 Å². The number of ether oxygens (including phenoxy) is 1. The van der Waals surface area contributed by atoms with E-state index in [0.717, 1.165) is 32.7 Å². The van der Waals surface area contributed by atoms with Gasteiger partial charge in [0.1, 0.15) is 0 Å². The second-order valence-electron chi connectivity index (χ2n) is 5.22. The van der Waals surface area contributed by atoms with E-state index in [-0.39, 0.29) is 0 Å². The van der Waals surface area contributed by atoms with Gasteiger partial charge in [-0.1, -0.05) is 17.7 Å². The van der Waals surface area contributed by atoms with Crippen molar-refractivity contribution in [1.29, 1.82) is 0 Å². The molecule has 2 rings (SSSR count). The first-order valence-electron chi connectivity index (χ1n) is 6.79. The van der Waals surface area contributed by atoms with Crippen molar-refractivity contribution in [3.63, 3.8) is 0 Å². The lowest BCUT2D eigenvalue weighted by molar-refractivity contribution is 0.0753. The SMILES string of the molecule is Cc1cc(C)c(NCCC2COCCN2)c(C)c1. The first-order valence-corrected chi connectivity index (χ1v) is 6.79. The van der Waals surface area contributed by atoms with Crippen LogP contribution in [0.15, 0.2) is 12.1 Å². The highest BCUT2D eigenvalue weighted by atomic mass is 16.5. The number of nitrogens with one attached hydrogen (secondary N) is 2. The van der Waals surface area contributed by atoms with Crippen LogP contribution in [-0.4, -0.2) is 32.3 Å². The number of rotatable bonds is 4. The summed E-state index contributed by atoms with van der Waals surface area (Å²) in [7, 11) is 0. The molecule has 0 radical (unpaired) electrons. The number of hydrogen-bond acceptors (Lipinski definition) is 3. The molecule has 1 aliphatic rings. The van der Waals surface area contributed by atoms with Gasteiger partial charge in [-0.25, -0.2) is 0 Å². The molecule has 1 aliphatic heterocycles. The van der Waals surface area contributed by atoms with Gasteiger partial charge in [-0.3, -0.25) is 0 Å². The van der Waals surface area contributed by atoms with E-state index in [4.69, 9.17) is 4.74 Å². The van der Waals surface area contributed by atoms with Crippen molar-refractivity contribution in [2.24, 2.45) is 0 Å². The monoisotopic (exact) mass is 248 g/mol. The summed E-state index contributed by atoms with van der Waals surface area (Å²) < 4.78 is 5.46. The standard InChI is InChI=1S/C15H24N2O/c1-11-8-12(2)15(13(3)9-11)17-5-4-14-10-18-7-6-16-14/h8-9,14,16-17H,4-7,10H2,1-3H3. The summed E-state index contributed by atoms with van der Waals surface area (Å²) in [6.45, 7) is 10.1. The quantitative estimate of drug-likeness (QED) is 0.858. The van der Waals surface area contributed by atoms with Gasteiger partial charge in [0.25, 0.3) is 0 Å². The van der Waals surface area contributed by atoms with E-state index in [1.54, 1.807) is 0 Å². The zero-order valence-corrected chi connectivity index (χ0v) is 11.7. The molecule has 1 unspecified atom stereocenters. The maximum atomic E-state index is 5.46. The van der Waals surface area contributed by atoms with E-state index in [1.807, 2.05) is 0 Å². The van der Waals surface area contributed by atoms with Gasteiger partial charge in [-0.2, -0.15) is 0 Å². The number of anilines is 1. The minimum atomic E-state index is 0.498. The summed E-state index contributed by atoms with van der Waals surface area (Å²) in [6, 6.07) is 4.96.